The number of benzene rings is 1. The molecule has 0 radical (unpaired) electrons. The maximum Gasteiger partial charge on any atom is 0.258 e. The fraction of sp³-hybridized carbons (Fsp3) is 0.500. The Hall–Kier alpha value is -1.11. The van der Waals surface area contributed by atoms with E-state index < -0.39 is 5.60 Å². The zero-order valence-corrected chi connectivity index (χ0v) is 13.3. The molecule has 1 unspecified atom stereocenters. The third-order valence-electron chi connectivity index (χ3n) is 2.69. The lowest BCUT2D eigenvalue weighted by atomic mass is 10.0. The van der Waals surface area contributed by atoms with Gasteiger partial charge in [-0.05, 0) is 31.2 Å². The molecule has 1 rings (SSSR count). The standard InChI is InChI=1S/C14H20BrNO4/c1-14(18,7-8-19-2)10-16-13(17)9-20-12-5-3-11(15)4-6-12/h3-6,18H,7-10H2,1-2H3,(H,16,17). The number of nitrogens with one attached hydrogen (secondary N) is 1. The number of carbonyl (C=O) groups excluding carboxylic acids is 1. The third kappa shape index (κ3) is 6.88. The summed E-state index contributed by atoms with van der Waals surface area (Å²) in [6, 6.07) is 7.21. The van der Waals surface area contributed by atoms with E-state index in [9.17, 15) is 9.90 Å². The van der Waals surface area contributed by atoms with Crippen LogP contribution < -0.4 is 10.1 Å². The monoisotopic (exact) mass is 345 g/mol. The van der Waals surface area contributed by atoms with Gasteiger partial charge in [0.05, 0.1) is 5.60 Å². The molecule has 20 heavy (non-hydrogen) atoms. The zero-order chi connectivity index (χ0) is 15.0. The maximum atomic E-state index is 11.6. The Morgan fingerprint density at radius 3 is 2.65 bits per heavy atom. The van der Waals surface area contributed by atoms with Crippen molar-refractivity contribution in [2.45, 2.75) is 18.9 Å². The van der Waals surface area contributed by atoms with Crippen LogP contribution in [0, 0.1) is 0 Å². The van der Waals surface area contributed by atoms with E-state index in [1.165, 1.54) is 0 Å². The van der Waals surface area contributed by atoms with Crippen molar-refractivity contribution < 1.29 is 19.4 Å². The van der Waals surface area contributed by atoms with Crippen LogP contribution in [0.25, 0.3) is 0 Å². The van der Waals surface area contributed by atoms with Gasteiger partial charge in [-0.3, -0.25) is 4.79 Å². The van der Waals surface area contributed by atoms with Crippen molar-refractivity contribution in [2.24, 2.45) is 0 Å². The van der Waals surface area contributed by atoms with Gasteiger partial charge in [-0.25, -0.2) is 0 Å². The fourth-order valence-electron chi connectivity index (χ4n) is 1.43. The summed E-state index contributed by atoms with van der Waals surface area (Å²) in [4.78, 5) is 11.6. The smallest absolute Gasteiger partial charge is 0.258 e. The number of hydrogen-bond donors (Lipinski definition) is 2. The topological polar surface area (TPSA) is 67.8 Å². The Balaban J connectivity index is 2.28. The van der Waals surface area contributed by atoms with E-state index in [-0.39, 0.29) is 19.1 Å². The first-order valence-electron chi connectivity index (χ1n) is 6.29. The van der Waals surface area contributed by atoms with Gasteiger partial charge in [0.25, 0.3) is 5.91 Å². The van der Waals surface area contributed by atoms with Crippen LogP contribution in [0.4, 0.5) is 0 Å². The van der Waals surface area contributed by atoms with Crippen molar-refractivity contribution >= 4 is 21.8 Å². The van der Waals surface area contributed by atoms with Crippen LogP contribution in [0.5, 0.6) is 5.75 Å². The van der Waals surface area contributed by atoms with Gasteiger partial charge in [0, 0.05) is 31.2 Å². The first-order chi connectivity index (χ1) is 9.43. The Morgan fingerprint density at radius 2 is 2.05 bits per heavy atom. The summed E-state index contributed by atoms with van der Waals surface area (Å²) in [5, 5.41) is 12.6. The first-order valence-corrected chi connectivity index (χ1v) is 7.09. The van der Waals surface area contributed by atoms with Gasteiger partial charge in [-0.2, -0.15) is 0 Å². The van der Waals surface area contributed by atoms with E-state index >= 15 is 0 Å². The molecule has 112 valence electrons. The molecule has 0 spiro atoms. The molecule has 1 atom stereocenters. The summed E-state index contributed by atoms with van der Waals surface area (Å²) in [5.74, 6) is 0.347. The molecule has 1 aromatic rings. The predicted molar refractivity (Wildman–Crippen MR) is 79.8 cm³/mol. The lowest BCUT2D eigenvalue weighted by molar-refractivity contribution is -0.124. The molecule has 0 aliphatic carbocycles. The molecule has 0 fully saturated rings. The highest BCUT2D eigenvalue weighted by molar-refractivity contribution is 9.10. The van der Waals surface area contributed by atoms with Crippen molar-refractivity contribution in [1.29, 1.82) is 0 Å². The van der Waals surface area contributed by atoms with Crippen molar-refractivity contribution in [3.63, 3.8) is 0 Å². The molecule has 0 heterocycles. The molecule has 5 nitrogen and oxygen atoms in total. The molecule has 1 aromatic carbocycles. The molecule has 0 saturated carbocycles. The lowest BCUT2D eigenvalue weighted by Crippen LogP contribution is -2.42. The summed E-state index contributed by atoms with van der Waals surface area (Å²) in [7, 11) is 1.57. The van der Waals surface area contributed by atoms with E-state index in [2.05, 4.69) is 21.2 Å². The summed E-state index contributed by atoms with van der Waals surface area (Å²) >= 11 is 3.32. The second-order valence-electron chi connectivity index (χ2n) is 4.76. The average Bonchev–Trinajstić information content (AvgIpc) is 2.42. The largest absolute Gasteiger partial charge is 0.484 e. The average molecular weight is 346 g/mol. The Kier molecular flexibility index (Phi) is 6.98. The van der Waals surface area contributed by atoms with Crippen LogP contribution in [0.15, 0.2) is 28.7 Å². The molecule has 0 aliphatic heterocycles. The Morgan fingerprint density at radius 1 is 1.40 bits per heavy atom. The van der Waals surface area contributed by atoms with E-state index in [1.54, 1.807) is 26.2 Å². The van der Waals surface area contributed by atoms with Gasteiger partial charge in [-0.1, -0.05) is 15.9 Å². The first kappa shape index (κ1) is 16.9. The summed E-state index contributed by atoms with van der Waals surface area (Å²) in [6.07, 6.45) is 0.456. The summed E-state index contributed by atoms with van der Waals surface area (Å²) in [5.41, 5.74) is -0.983. The van der Waals surface area contributed by atoms with Crippen molar-refractivity contribution in [2.75, 3.05) is 26.9 Å². The van der Waals surface area contributed by atoms with Gasteiger partial charge in [-0.15, -0.1) is 0 Å². The number of hydrogen-bond acceptors (Lipinski definition) is 4. The van der Waals surface area contributed by atoms with Crippen LogP contribution in [0.3, 0.4) is 0 Å². The molecular formula is C14H20BrNO4. The van der Waals surface area contributed by atoms with E-state index in [4.69, 9.17) is 9.47 Å². The molecule has 1 amide bonds. The highest BCUT2D eigenvalue weighted by atomic mass is 79.9. The number of halogens is 1. The van der Waals surface area contributed by atoms with E-state index in [0.29, 0.717) is 18.8 Å². The molecule has 2 N–H and O–H groups in total. The van der Waals surface area contributed by atoms with E-state index in [0.717, 1.165) is 4.47 Å². The quantitative estimate of drug-likeness (QED) is 0.752. The van der Waals surface area contributed by atoms with Crippen molar-refractivity contribution in [3.05, 3.63) is 28.7 Å². The van der Waals surface area contributed by atoms with Crippen molar-refractivity contribution in [1.82, 2.24) is 5.32 Å². The van der Waals surface area contributed by atoms with Crippen LogP contribution in [0.1, 0.15) is 13.3 Å². The van der Waals surface area contributed by atoms with Crippen LogP contribution >= 0.6 is 15.9 Å². The van der Waals surface area contributed by atoms with Gasteiger partial charge < -0.3 is 19.9 Å². The number of ether oxygens (including phenoxy) is 2. The van der Waals surface area contributed by atoms with E-state index in [1.807, 2.05) is 12.1 Å². The predicted octanol–water partition coefficient (Wildman–Crippen LogP) is 1.73. The number of methoxy groups -OCH3 is 1. The zero-order valence-electron chi connectivity index (χ0n) is 11.7. The van der Waals surface area contributed by atoms with Crippen LogP contribution in [0.2, 0.25) is 0 Å². The minimum Gasteiger partial charge on any atom is -0.484 e. The SMILES string of the molecule is COCCC(C)(O)CNC(=O)COc1ccc(Br)cc1. The number of rotatable bonds is 8. The minimum atomic E-state index is -0.983. The minimum absolute atomic E-state index is 0.0814. The fourth-order valence-corrected chi connectivity index (χ4v) is 1.69. The Labute approximate surface area is 127 Å². The van der Waals surface area contributed by atoms with Gasteiger partial charge in [0.15, 0.2) is 6.61 Å². The lowest BCUT2D eigenvalue weighted by Gasteiger charge is -2.23. The Bertz CT molecular complexity index is 420. The highest BCUT2D eigenvalue weighted by Gasteiger charge is 2.20. The molecular weight excluding hydrogens is 326 g/mol. The summed E-state index contributed by atoms with van der Waals surface area (Å²) in [6.45, 7) is 2.18. The van der Waals surface area contributed by atoms with Gasteiger partial charge >= 0.3 is 0 Å². The second-order valence-corrected chi connectivity index (χ2v) is 5.67. The third-order valence-corrected chi connectivity index (χ3v) is 3.22. The van der Waals surface area contributed by atoms with Gasteiger partial charge in [0.2, 0.25) is 0 Å². The molecule has 0 aromatic heterocycles. The molecule has 0 bridgehead atoms. The second kappa shape index (κ2) is 8.24. The number of aliphatic hydroxyl groups is 1. The number of amides is 1. The highest BCUT2D eigenvalue weighted by Crippen LogP contribution is 2.15. The van der Waals surface area contributed by atoms with Gasteiger partial charge in [0.1, 0.15) is 5.75 Å². The normalized spacial score (nSPS) is 13.6. The molecule has 0 saturated heterocycles. The van der Waals surface area contributed by atoms with Crippen molar-refractivity contribution in [3.8, 4) is 5.75 Å². The van der Waals surface area contributed by atoms with Crippen LogP contribution in [-0.4, -0.2) is 43.5 Å². The maximum absolute atomic E-state index is 11.6. The number of carbonyl (C=O) groups is 1. The summed E-state index contributed by atoms with van der Waals surface area (Å²) < 4.78 is 11.2. The molecule has 6 heteroatoms. The van der Waals surface area contributed by atoms with Crippen LogP contribution in [-0.2, 0) is 9.53 Å². The molecule has 0 aliphatic rings.